The molecule has 0 saturated carbocycles. The third-order valence-corrected chi connectivity index (χ3v) is 1.90. The second-order valence-corrected chi connectivity index (χ2v) is 2.82. The number of halogens is 1. The van der Waals surface area contributed by atoms with Gasteiger partial charge in [0, 0.05) is 25.5 Å². The Morgan fingerprint density at radius 2 is 2.00 bits per heavy atom. The molecule has 0 heterocycles. The Morgan fingerprint density at radius 1 is 1.42 bits per heavy atom. The van der Waals surface area contributed by atoms with Gasteiger partial charge in [-0.05, 0) is 20.3 Å². The molecule has 0 unspecified atom stereocenters. The van der Waals surface area contributed by atoms with E-state index >= 15 is 0 Å². The molecule has 3 nitrogen and oxygen atoms in total. The Bertz CT molecular complexity index is 126. The third kappa shape index (κ3) is 4.44. The molecule has 1 N–H and O–H groups in total. The van der Waals surface area contributed by atoms with Crippen molar-refractivity contribution in [2.75, 3.05) is 25.5 Å². The molecule has 0 saturated heterocycles. The summed E-state index contributed by atoms with van der Waals surface area (Å²) in [5.41, 5.74) is 0. The highest BCUT2D eigenvalue weighted by atomic mass is 35.5. The van der Waals surface area contributed by atoms with Gasteiger partial charge < -0.3 is 10.2 Å². The number of carbonyl (C=O) groups excluding carboxylic acids is 1. The lowest BCUT2D eigenvalue weighted by Gasteiger charge is -2.18. The zero-order valence-electron chi connectivity index (χ0n) is 7.77. The van der Waals surface area contributed by atoms with Gasteiger partial charge in [-0.2, -0.15) is 0 Å². The number of hydrogen-bond acceptors (Lipinski definition) is 1. The van der Waals surface area contributed by atoms with Crippen LogP contribution >= 0.6 is 11.6 Å². The van der Waals surface area contributed by atoms with Gasteiger partial charge in [0.1, 0.15) is 0 Å². The van der Waals surface area contributed by atoms with Crippen molar-refractivity contribution < 1.29 is 4.79 Å². The summed E-state index contributed by atoms with van der Waals surface area (Å²) in [4.78, 5) is 13.0. The van der Waals surface area contributed by atoms with Crippen molar-refractivity contribution in [2.45, 2.75) is 20.3 Å². The van der Waals surface area contributed by atoms with Crippen LogP contribution in [0.15, 0.2) is 0 Å². The standard InChI is InChI=1S/C8H17ClN2O/c1-3-11(4-2)8(12)10-7-5-6-9/h3-7H2,1-2H3,(H,10,12). The number of carbonyl (C=O) groups is 1. The summed E-state index contributed by atoms with van der Waals surface area (Å²) in [6.45, 7) is 6.10. The van der Waals surface area contributed by atoms with Crippen molar-refractivity contribution in [3.8, 4) is 0 Å². The number of alkyl halides is 1. The van der Waals surface area contributed by atoms with E-state index in [9.17, 15) is 4.79 Å². The fourth-order valence-electron chi connectivity index (χ4n) is 0.885. The molecule has 12 heavy (non-hydrogen) atoms. The molecule has 0 aromatic carbocycles. The largest absolute Gasteiger partial charge is 0.338 e. The molecule has 0 rings (SSSR count). The number of hydrogen-bond donors (Lipinski definition) is 1. The third-order valence-electron chi connectivity index (χ3n) is 1.64. The predicted molar refractivity (Wildman–Crippen MR) is 51.7 cm³/mol. The van der Waals surface area contributed by atoms with Gasteiger partial charge in [-0.25, -0.2) is 4.79 Å². The van der Waals surface area contributed by atoms with E-state index in [1.807, 2.05) is 13.8 Å². The number of amides is 2. The van der Waals surface area contributed by atoms with E-state index in [1.54, 1.807) is 4.90 Å². The minimum Gasteiger partial charge on any atom is -0.338 e. The van der Waals surface area contributed by atoms with Gasteiger partial charge in [-0.3, -0.25) is 0 Å². The highest BCUT2D eigenvalue weighted by Gasteiger charge is 2.06. The van der Waals surface area contributed by atoms with Crippen molar-refractivity contribution >= 4 is 17.6 Å². The lowest BCUT2D eigenvalue weighted by atomic mass is 10.5. The summed E-state index contributed by atoms with van der Waals surface area (Å²) >= 11 is 5.47. The maximum absolute atomic E-state index is 11.3. The minimum absolute atomic E-state index is 0.00474. The normalized spacial score (nSPS) is 9.58. The van der Waals surface area contributed by atoms with Crippen LogP contribution in [-0.4, -0.2) is 36.4 Å². The van der Waals surface area contributed by atoms with Gasteiger partial charge in [0.05, 0.1) is 0 Å². The molecule has 0 aromatic rings. The van der Waals surface area contributed by atoms with Crippen molar-refractivity contribution in [3.05, 3.63) is 0 Å². The summed E-state index contributed by atoms with van der Waals surface area (Å²) in [6, 6.07) is 0.00474. The van der Waals surface area contributed by atoms with E-state index in [-0.39, 0.29) is 6.03 Å². The Morgan fingerprint density at radius 3 is 2.42 bits per heavy atom. The zero-order valence-corrected chi connectivity index (χ0v) is 8.52. The first-order chi connectivity index (χ1) is 5.76. The maximum atomic E-state index is 11.3. The van der Waals surface area contributed by atoms with Crippen LogP contribution in [0, 0.1) is 0 Å². The Labute approximate surface area is 79.1 Å². The number of nitrogens with one attached hydrogen (secondary N) is 1. The summed E-state index contributed by atoms with van der Waals surface area (Å²) in [7, 11) is 0. The Balaban J connectivity index is 3.54. The summed E-state index contributed by atoms with van der Waals surface area (Å²) in [5, 5.41) is 2.79. The molecule has 0 bridgehead atoms. The molecule has 0 radical (unpaired) electrons. The minimum atomic E-state index is 0.00474. The highest BCUT2D eigenvalue weighted by molar-refractivity contribution is 6.17. The van der Waals surface area contributed by atoms with Crippen molar-refractivity contribution in [1.82, 2.24) is 10.2 Å². The van der Waals surface area contributed by atoms with Crippen molar-refractivity contribution in [3.63, 3.8) is 0 Å². The predicted octanol–water partition coefficient (Wildman–Crippen LogP) is 1.67. The summed E-state index contributed by atoms with van der Waals surface area (Å²) < 4.78 is 0. The maximum Gasteiger partial charge on any atom is 0.317 e. The lowest BCUT2D eigenvalue weighted by molar-refractivity contribution is 0.203. The molecule has 0 aliphatic heterocycles. The van der Waals surface area contributed by atoms with Crippen LogP contribution in [0.1, 0.15) is 20.3 Å². The topological polar surface area (TPSA) is 32.3 Å². The molecule has 72 valence electrons. The van der Waals surface area contributed by atoms with Crippen LogP contribution in [-0.2, 0) is 0 Å². The van der Waals surface area contributed by atoms with Gasteiger partial charge in [-0.15, -0.1) is 11.6 Å². The van der Waals surface area contributed by atoms with Crippen LogP contribution < -0.4 is 5.32 Å². The molecular weight excluding hydrogens is 176 g/mol. The molecule has 0 aliphatic carbocycles. The van der Waals surface area contributed by atoms with E-state index in [1.165, 1.54) is 0 Å². The van der Waals surface area contributed by atoms with Gasteiger partial charge in [0.2, 0.25) is 0 Å². The molecule has 0 atom stereocenters. The van der Waals surface area contributed by atoms with Crippen LogP contribution in [0.3, 0.4) is 0 Å². The average Bonchev–Trinajstić information content (AvgIpc) is 2.07. The Kier molecular flexibility index (Phi) is 6.96. The average molecular weight is 193 g/mol. The van der Waals surface area contributed by atoms with Gasteiger partial charge in [-0.1, -0.05) is 0 Å². The van der Waals surface area contributed by atoms with Crippen molar-refractivity contribution in [2.24, 2.45) is 0 Å². The molecule has 0 spiro atoms. The highest BCUT2D eigenvalue weighted by Crippen LogP contribution is 1.88. The van der Waals surface area contributed by atoms with Gasteiger partial charge in [0.25, 0.3) is 0 Å². The van der Waals surface area contributed by atoms with E-state index in [4.69, 9.17) is 11.6 Å². The van der Waals surface area contributed by atoms with Gasteiger partial charge >= 0.3 is 6.03 Å². The first-order valence-electron chi connectivity index (χ1n) is 4.35. The molecule has 0 aromatic heterocycles. The van der Waals surface area contributed by atoms with Gasteiger partial charge in [0.15, 0.2) is 0 Å². The van der Waals surface area contributed by atoms with E-state index < -0.39 is 0 Å². The van der Waals surface area contributed by atoms with E-state index in [0.717, 1.165) is 19.5 Å². The van der Waals surface area contributed by atoms with Crippen LogP contribution in [0.25, 0.3) is 0 Å². The smallest absolute Gasteiger partial charge is 0.317 e. The lowest BCUT2D eigenvalue weighted by Crippen LogP contribution is -2.40. The number of rotatable bonds is 5. The molecule has 0 fully saturated rings. The molecule has 0 aliphatic rings. The SMILES string of the molecule is CCN(CC)C(=O)NCCCCl. The monoisotopic (exact) mass is 192 g/mol. The van der Waals surface area contributed by atoms with E-state index in [0.29, 0.717) is 12.4 Å². The Hall–Kier alpha value is -0.440. The zero-order chi connectivity index (χ0) is 9.40. The quantitative estimate of drug-likeness (QED) is 0.522. The van der Waals surface area contributed by atoms with E-state index in [2.05, 4.69) is 5.32 Å². The van der Waals surface area contributed by atoms with Crippen LogP contribution in [0.4, 0.5) is 4.79 Å². The van der Waals surface area contributed by atoms with Crippen LogP contribution in [0.5, 0.6) is 0 Å². The van der Waals surface area contributed by atoms with Crippen LogP contribution in [0.2, 0.25) is 0 Å². The second kappa shape index (κ2) is 7.22. The molecule has 2 amide bonds. The number of nitrogens with zero attached hydrogens (tertiary/aromatic N) is 1. The summed E-state index contributed by atoms with van der Waals surface area (Å²) in [6.07, 6.45) is 0.828. The fraction of sp³-hybridized carbons (Fsp3) is 0.875. The first-order valence-corrected chi connectivity index (χ1v) is 4.88. The molecular formula is C8H17ClN2O. The fourth-order valence-corrected chi connectivity index (χ4v) is 1.02. The van der Waals surface area contributed by atoms with Crippen molar-refractivity contribution in [1.29, 1.82) is 0 Å². The first kappa shape index (κ1) is 11.6. The second-order valence-electron chi connectivity index (χ2n) is 2.45. The summed E-state index contributed by atoms with van der Waals surface area (Å²) in [5.74, 6) is 0.596. The molecule has 4 heteroatoms. The number of urea groups is 1.